The van der Waals surface area contributed by atoms with Gasteiger partial charge < -0.3 is 10.1 Å². The maximum absolute atomic E-state index is 8.93. The molecule has 86 valence electrons. The summed E-state index contributed by atoms with van der Waals surface area (Å²) >= 11 is 0. The number of para-hydroxylation sites is 2. The van der Waals surface area contributed by atoms with Gasteiger partial charge >= 0.3 is 0 Å². The first-order valence-electron chi connectivity index (χ1n) is 5.99. The Balaban J connectivity index is 2.24. The molecular weight excluding hydrogens is 210 g/mol. The van der Waals surface area contributed by atoms with Gasteiger partial charge in [-0.1, -0.05) is 36.4 Å². The van der Waals surface area contributed by atoms with E-state index in [-0.39, 0.29) is 6.61 Å². The van der Waals surface area contributed by atoms with Crippen LogP contribution in [0.5, 0.6) is 0 Å². The Hall–Kier alpha value is -1.80. The first kappa shape index (κ1) is 10.4. The lowest BCUT2D eigenvalue weighted by molar-refractivity contribution is 0.289. The smallest absolute Gasteiger partial charge is 0.0497 e. The van der Waals surface area contributed by atoms with Crippen LogP contribution >= 0.6 is 0 Å². The van der Waals surface area contributed by atoms with Crippen LogP contribution in [-0.4, -0.2) is 16.7 Å². The first-order chi connectivity index (χ1) is 8.40. The molecule has 2 aromatic carbocycles. The van der Waals surface area contributed by atoms with Gasteiger partial charge in [0.1, 0.15) is 0 Å². The molecule has 0 amide bonds. The van der Waals surface area contributed by atoms with Crippen LogP contribution in [0.4, 0.5) is 0 Å². The number of aryl methyl sites for hydroxylation is 1. The molecule has 0 radical (unpaired) electrons. The highest BCUT2D eigenvalue weighted by molar-refractivity contribution is 6.08. The van der Waals surface area contributed by atoms with Gasteiger partial charge in [-0.2, -0.15) is 0 Å². The van der Waals surface area contributed by atoms with Crippen LogP contribution in [0.15, 0.2) is 42.5 Å². The average Bonchev–Trinajstić information content (AvgIpc) is 2.75. The van der Waals surface area contributed by atoms with Crippen molar-refractivity contribution in [3.8, 4) is 0 Å². The molecule has 17 heavy (non-hydrogen) atoms. The topological polar surface area (TPSA) is 36.0 Å². The summed E-state index contributed by atoms with van der Waals surface area (Å²) in [5, 5.41) is 11.5. The second kappa shape index (κ2) is 4.22. The number of benzene rings is 2. The highest BCUT2D eigenvalue weighted by atomic mass is 16.2. The lowest BCUT2D eigenvalue weighted by atomic mass is 10.1. The third-order valence-electron chi connectivity index (χ3n) is 3.23. The summed E-state index contributed by atoms with van der Waals surface area (Å²) in [6.45, 7) is 0.247. The number of H-pyrrole nitrogens is 1. The van der Waals surface area contributed by atoms with Crippen molar-refractivity contribution in [3.63, 3.8) is 0 Å². The van der Waals surface area contributed by atoms with Crippen molar-refractivity contribution in [2.24, 2.45) is 0 Å². The summed E-state index contributed by atoms with van der Waals surface area (Å²) in [6.07, 6.45) is 1.73. The fourth-order valence-electron chi connectivity index (χ4n) is 2.41. The lowest BCUT2D eigenvalue weighted by Crippen LogP contribution is -1.90. The van der Waals surface area contributed by atoms with Crippen LogP contribution in [0.3, 0.4) is 0 Å². The number of hydrogen-bond acceptors (Lipinski definition) is 1. The summed E-state index contributed by atoms with van der Waals surface area (Å²) in [6, 6.07) is 14.7. The molecule has 1 aromatic heterocycles. The fourth-order valence-corrected chi connectivity index (χ4v) is 2.41. The quantitative estimate of drug-likeness (QED) is 0.705. The lowest BCUT2D eigenvalue weighted by Gasteiger charge is -2.01. The maximum Gasteiger partial charge on any atom is 0.0497 e. The summed E-state index contributed by atoms with van der Waals surface area (Å²) in [5.41, 5.74) is 3.67. The SMILES string of the molecule is OCCCc1cccc2c1[nH]c1ccccc12. The molecule has 0 fully saturated rings. The summed E-state index contributed by atoms with van der Waals surface area (Å²) in [5.74, 6) is 0. The Morgan fingerprint density at radius 1 is 0.941 bits per heavy atom. The molecule has 1 heterocycles. The monoisotopic (exact) mass is 225 g/mol. The van der Waals surface area contributed by atoms with Crippen molar-refractivity contribution in [1.82, 2.24) is 4.98 Å². The van der Waals surface area contributed by atoms with E-state index >= 15 is 0 Å². The minimum atomic E-state index is 0.247. The van der Waals surface area contributed by atoms with Crippen molar-refractivity contribution >= 4 is 21.8 Å². The van der Waals surface area contributed by atoms with Gasteiger partial charge in [0.05, 0.1) is 0 Å². The van der Waals surface area contributed by atoms with Crippen molar-refractivity contribution < 1.29 is 5.11 Å². The maximum atomic E-state index is 8.93. The van der Waals surface area contributed by atoms with E-state index in [1.54, 1.807) is 0 Å². The fraction of sp³-hybridized carbons (Fsp3) is 0.200. The molecule has 0 aliphatic rings. The van der Waals surface area contributed by atoms with Crippen LogP contribution < -0.4 is 0 Å². The number of rotatable bonds is 3. The van der Waals surface area contributed by atoms with E-state index in [1.807, 2.05) is 6.07 Å². The molecule has 0 spiro atoms. The molecule has 2 nitrogen and oxygen atoms in total. The zero-order valence-electron chi connectivity index (χ0n) is 9.61. The highest BCUT2D eigenvalue weighted by Crippen LogP contribution is 2.27. The summed E-state index contributed by atoms with van der Waals surface area (Å²) in [7, 11) is 0. The van der Waals surface area contributed by atoms with Gasteiger partial charge in [-0.15, -0.1) is 0 Å². The third kappa shape index (κ3) is 1.71. The molecule has 0 bridgehead atoms. The molecule has 0 unspecified atom stereocenters. The number of aliphatic hydroxyl groups excluding tert-OH is 1. The normalized spacial score (nSPS) is 11.4. The first-order valence-corrected chi connectivity index (χ1v) is 5.99. The van der Waals surface area contributed by atoms with Crippen molar-refractivity contribution in [2.75, 3.05) is 6.61 Å². The van der Waals surface area contributed by atoms with Crippen LogP contribution in [-0.2, 0) is 6.42 Å². The molecule has 3 aromatic rings. The van der Waals surface area contributed by atoms with Gasteiger partial charge in [0.25, 0.3) is 0 Å². The average molecular weight is 225 g/mol. The van der Waals surface area contributed by atoms with Gasteiger partial charge in [0, 0.05) is 28.4 Å². The number of hydrogen-bond donors (Lipinski definition) is 2. The summed E-state index contributed by atoms with van der Waals surface area (Å²) in [4.78, 5) is 3.47. The van der Waals surface area contributed by atoms with Crippen molar-refractivity contribution in [3.05, 3.63) is 48.0 Å². The van der Waals surface area contributed by atoms with Crippen LogP contribution in [0.25, 0.3) is 21.8 Å². The minimum Gasteiger partial charge on any atom is -0.396 e. The van der Waals surface area contributed by atoms with Crippen LogP contribution in [0, 0.1) is 0 Å². The number of nitrogens with one attached hydrogen (secondary N) is 1. The van der Waals surface area contributed by atoms with Crippen molar-refractivity contribution in [1.29, 1.82) is 0 Å². The standard InChI is InChI=1S/C15H15NO/c17-10-4-6-11-5-3-8-13-12-7-1-2-9-14(12)16-15(11)13/h1-3,5,7-9,16-17H,4,6,10H2. The Labute approximate surface area is 99.9 Å². The van der Waals surface area contributed by atoms with Gasteiger partial charge in [0.2, 0.25) is 0 Å². The molecule has 0 saturated carbocycles. The van der Waals surface area contributed by atoms with E-state index in [0.717, 1.165) is 12.8 Å². The number of aromatic amines is 1. The molecule has 0 atom stereocenters. The van der Waals surface area contributed by atoms with E-state index < -0.39 is 0 Å². The van der Waals surface area contributed by atoms with Gasteiger partial charge in [-0.3, -0.25) is 0 Å². The van der Waals surface area contributed by atoms with Crippen LogP contribution in [0.1, 0.15) is 12.0 Å². The number of aromatic nitrogens is 1. The van der Waals surface area contributed by atoms with E-state index in [0.29, 0.717) is 0 Å². The molecule has 0 aliphatic carbocycles. The van der Waals surface area contributed by atoms with Gasteiger partial charge in [-0.25, -0.2) is 0 Å². The second-order valence-electron chi connectivity index (χ2n) is 4.34. The molecule has 2 N–H and O–H groups in total. The Kier molecular flexibility index (Phi) is 2.57. The number of fused-ring (bicyclic) bond motifs is 3. The Morgan fingerprint density at radius 3 is 2.65 bits per heavy atom. The zero-order chi connectivity index (χ0) is 11.7. The molecule has 3 rings (SSSR count). The second-order valence-corrected chi connectivity index (χ2v) is 4.34. The zero-order valence-corrected chi connectivity index (χ0v) is 9.61. The van der Waals surface area contributed by atoms with E-state index in [4.69, 9.17) is 5.11 Å². The number of aliphatic hydroxyl groups is 1. The molecule has 2 heteroatoms. The Morgan fingerprint density at radius 2 is 1.76 bits per heavy atom. The largest absolute Gasteiger partial charge is 0.396 e. The predicted octanol–water partition coefficient (Wildman–Crippen LogP) is 3.25. The molecular formula is C15H15NO. The van der Waals surface area contributed by atoms with Crippen molar-refractivity contribution in [2.45, 2.75) is 12.8 Å². The van der Waals surface area contributed by atoms with Gasteiger partial charge in [0.15, 0.2) is 0 Å². The van der Waals surface area contributed by atoms with Crippen LogP contribution in [0.2, 0.25) is 0 Å². The summed E-state index contributed by atoms with van der Waals surface area (Å²) < 4.78 is 0. The Bertz CT molecular complexity index is 654. The predicted molar refractivity (Wildman–Crippen MR) is 71.2 cm³/mol. The minimum absolute atomic E-state index is 0.247. The van der Waals surface area contributed by atoms with E-state index in [2.05, 4.69) is 41.4 Å². The molecule has 0 aliphatic heterocycles. The third-order valence-corrected chi connectivity index (χ3v) is 3.23. The molecule has 0 saturated heterocycles. The van der Waals surface area contributed by atoms with Gasteiger partial charge in [-0.05, 0) is 24.5 Å². The van der Waals surface area contributed by atoms with E-state index in [1.165, 1.54) is 27.4 Å². The highest BCUT2D eigenvalue weighted by Gasteiger charge is 2.06. The van der Waals surface area contributed by atoms with E-state index in [9.17, 15) is 0 Å².